The molecule has 0 bridgehead atoms. The van der Waals surface area contributed by atoms with Gasteiger partial charge in [-0.05, 0) is 49.6 Å². The van der Waals surface area contributed by atoms with Crippen LogP contribution in [0.15, 0.2) is 41.6 Å². The van der Waals surface area contributed by atoms with Crippen LogP contribution < -0.4 is 9.47 Å². The molecule has 140 valence electrons. The number of ether oxygens (including phenoxy) is 2. The van der Waals surface area contributed by atoms with Crippen molar-refractivity contribution in [2.24, 2.45) is 7.05 Å². The molecule has 1 aromatic heterocycles. The molecule has 4 rings (SSSR count). The van der Waals surface area contributed by atoms with Crippen molar-refractivity contribution in [3.8, 4) is 11.5 Å². The number of thioether (sulfide) groups is 1. The zero-order chi connectivity index (χ0) is 19.0. The van der Waals surface area contributed by atoms with E-state index in [4.69, 9.17) is 9.47 Å². The maximum absolute atomic E-state index is 6.07. The smallest absolute Gasteiger partial charge is 0.192 e. The minimum absolute atomic E-state index is 0.255. The van der Waals surface area contributed by atoms with E-state index in [9.17, 15) is 0 Å². The van der Waals surface area contributed by atoms with Crippen molar-refractivity contribution in [2.45, 2.75) is 37.8 Å². The largest absolute Gasteiger partial charge is 0.485 e. The number of aryl methyl sites for hydroxylation is 3. The SMILES string of the molecule is Cc1cc(C)c(CSc2nnc(C3COc4ccccc4O3)n2C)c(C)c1. The lowest BCUT2D eigenvalue weighted by Gasteiger charge is -2.25. The number of nitrogens with zero attached hydrogens (tertiary/aromatic N) is 3. The molecule has 0 spiro atoms. The topological polar surface area (TPSA) is 49.2 Å². The standard InChI is InChI=1S/C21H23N3O2S/c1-13-9-14(2)16(15(3)10-13)12-27-21-23-22-20(24(21)4)19-11-25-17-7-5-6-8-18(17)26-19/h5-10,19H,11-12H2,1-4H3. The first-order chi connectivity index (χ1) is 13.0. The van der Waals surface area contributed by atoms with E-state index in [1.165, 1.54) is 22.3 Å². The first-order valence-electron chi connectivity index (χ1n) is 9.00. The quantitative estimate of drug-likeness (QED) is 0.621. The summed E-state index contributed by atoms with van der Waals surface area (Å²) in [5.41, 5.74) is 5.31. The maximum Gasteiger partial charge on any atom is 0.192 e. The molecular weight excluding hydrogens is 358 g/mol. The second kappa shape index (κ2) is 7.27. The number of hydrogen-bond acceptors (Lipinski definition) is 5. The van der Waals surface area contributed by atoms with Gasteiger partial charge in [0.1, 0.15) is 6.61 Å². The molecule has 6 heteroatoms. The Morgan fingerprint density at radius 1 is 1.07 bits per heavy atom. The second-order valence-electron chi connectivity index (χ2n) is 6.93. The molecule has 1 aliphatic heterocycles. The third kappa shape index (κ3) is 3.54. The van der Waals surface area contributed by atoms with Gasteiger partial charge >= 0.3 is 0 Å². The molecule has 1 aliphatic rings. The lowest BCUT2D eigenvalue weighted by atomic mass is 10.0. The fourth-order valence-corrected chi connectivity index (χ4v) is 4.57. The lowest BCUT2D eigenvalue weighted by molar-refractivity contribution is 0.0825. The van der Waals surface area contributed by atoms with Crippen LogP contribution in [0.2, 0.25) is 0 Å². The molecule has 0 aliphatic carbocycles. The number of benzene rings is 2. The fraction of sp³-hybridized carbons (Fsp3) is 0.333. The van der Waals surface area contributed by atoms with Crippen molar-refractivity contribution in [2.75, 3.05) is 6.61 Å². The van der Waals surface area contributed by atoms with E-state index in [-0.39, 0.29) is 6.10 Å². The van der Waals surface area contributed by atoms with Crippen molar-refractivity contribution in [3.63, 3.8) is 0 Å². The molecule has 0 N–H and O–H groups in total. The van der Waals surface area contributed by atoms with Crippen LogP contribution in [0, 0.1) is 20.8 Å². The number of hydrogen-bond donors (Lipinski definition) is 0. The minimum Gasteiger partial charge on any atom is -0.485 e. The Hall–Kier alpha value is -2.47. The highest BCUT2D eigenvalue weighted by atomic mass is 32.2. The third-order valence-electron chi connectivity index (χ3n) is 4.85. The summed E-state index contributed by atoms with van der Waals surface area (Å²) in [6, 6.07) is 12.2. The van der Waals surface area contributed by atoms with Gasteiger partial charge in [0.2, 0.25) is 0 Å². The summed E-state index contributed by atoms with van der Waals surface area (Å²) in [6.45, 7) is 6.91. The van der Waals surface area contributed by atoms with Gasteiger partial charge in [-0.15, -0.1) is 10.2 Å². The number of aromatic nitrogens is 3. The highest BCUT2D eigenvalue weighted by Gasteiger charge is 2.27. The van der Waals surface area contributed by atoms with Crippen molar-refractivity contribution >= 4 is 11.8 Å². The van der Waals surface area contributed by atoms with Crippen LogP contribution in [0.3, 0.4) is 0 Å². The highest BCUT2D eigenvalue weighted by Crippen LogP contribution is 2.36. The number of para-hydroxylation sites is 2. The van der Waals surface area contributed by atoms with Crippen LogP contribution >= 0.6 is 11.8 Å². The second-order valence-corrected chi connectivity index (χ2v) is 7.87. The summed E-state index contributed by atoms with van der Waals surface area (Å²) in [5, 5.41) is 9.63. The lowest BCUT2D eigenvalue weighted by Crippen LogP contribution is -2.24. The van der Waals surface area contributed by atoms with E-state index >= 15 is 0 Å². The molecule has 27 heavy (non-hydrogen) atoms. The van der Waals surface area contributed by atoms with E-state index in [1.807, 2.05) is 35.9 Å². The number of rotatable bonds is 4. The first kappa shape index (κ1) is 17.9. The van der Waals surface area contributed by atoms with Gasteiger partial charge in [-0.2, -0.15) is 0 Å². The van der Waals surface area contributed by atoms with Gasteiger partial charge < -0.3 is 14.0 Å². The Kier molecular flexibility index (Phi) is 4.83. The van der Waals surface area contributed by atoms with Crippen molar-refractivity contribution in [1.82, 2.24) is 14.8 Å². The zero-order valence-corrected chi connectivity index (χ0v) is 16.8. The summed E-state index contributed by atoms with van der Waals surface area (Å²) in [6.07, 6.45) is -0.255. The summed E-state index contributed by atoms with van der Waals surface area (Å²) in [5.74, 6) is 3.17. The summed E-state index contributed by atoms with van der Waals surface area (Å²) >= 11 is 1.70. The fourth-order valence-electron chi connectivity index (χ4n) is 3.45. The molecule has 3 aromatic rings. The van der Waals surface area contributed by atoms with Crippen LogP contribution in [0.5, 0.6) is 11.5 Å². The van der Waals surface area contributed by atoms with E-state index in [0.717, 1.165) is 28.2 Å². The molecule has 1 unspecified atom stereocenters. The predicted molar refractivity (Wildman–Crippen MR) is 107 cm³/mol. The Balaban J connectivity index is 1.50. The molecular formula is C21H23N3O2S. The van der Waals surface area contributed by atoms with Gasteiger partial charge in [0, 0.05) is 12.8 Å². The molecule has 0 fully saturated rings. The van der Waals surface area contributed by atoms with Gasteiger partial charge in [-0.25, -0.2) is 0 Å². The van der Waals surface area contributed by atoms with Gasteiger partial charge in [0.25, 0.3) is 0 Å². The van der Waals surface area contributed by atoms with Crippen molar-refractivity contribution in [1.29, 1.82) is 0 Å². The Morgan fingerprint density at radius 3 is 2.52 bits per heavy atom. The van der Waals surface area contributed by atoms with Gasteiger partial charge in [-0.1, -0.05) is 41.6 Å². The van der Waals surface area contributed by atoms with Crippen LogP contribution in [-0.4, -0.2) is 21.4 Å². The monoisotopic (exact) mass is 381 g/mol. The van der Waals surface area contributed by atoms with Crippen molar-refractivity contribution < 1.29 is 9.47 Å². The Bertz CT molecular complexity index is 960. The van der Waals surface area contributed by atoms with Crippen LogP contribution in [0.25, 0.3) is 0 Å². The highest BCUT2D eigenvalue weighted by molar-refractivity contribution is 7.98. The maximum atomic E-state index is 6.07. The van der Waals surface area contributed by atoms with Gasteiger partial charge in [0.15, 0.2) is 28.6 Å². The molecule has 0 amide bonds. The van der Waals surface area contributed by atoms with Crippen LogP contribution in [0.1, 0.15) is 34.2 Å². The normalized spacial score (nSPS) is 15.8. The molecule has 2 heterocycles. The molecule has 0 saturated heterocycles. The van der Waals surface area contributed by atoms with E-state index in [0.29, 0.717) is 6.61 Å². The number of fused-ring (bicyclic) bond motifs is 1. The molecule has 5 nitrogen and oxygen atoms in total. The summed E-state index contributed by atoms with van der Waals surface area (Å²) in [4.78, 5) is 0. The molecule has 1 atom stereocenters. The first-order valence-corrected chi connectivity index (χ1v) is 9.99. The Labute approximate surface area is 163 Å². The average molecular weight is 382 g/mol. The summed E-state index contributed by atoms with van der Waals surface area (Å²) < 4.78 is 13.9. The zero-order valence-electron chi connectivity index (χ0n) is 16.0. The molecule has 0 saturated carbocycles. The minimum atomic E-state index is -0.255. The van der Waals surface area contributed by atoms with E-state index in [1.54, 1.807) is 11.8 Å². The van der Waals surface area contributed by atoms with Crippen LogP contribution in [-0.2, 0) is 12.8 Å². The van der Waals surface area contributed by atoms with Gasteiger partial charge in [-0.3, -0.25) is 0 Å². The third-order valence-corrected chi connectivity index (χ3v) is 5.90. The van der Waals surface area contributed by atoms with E-state index in [2.05, 4.69) is 43.1 Å². The Morgan fingerprint density at radius 2 is 1.78 bits per heavy atom. The predicted octanol–water partition coefficient (Wildman–Crippen LogP) is 4.55. The van der Waals surface area contributed by atoms with Gasteiger partial charge in [0.05, 0.1) is 0 Å². The molecule has 2 aromatic carbocycles. The van der Waals surface area contributed by atoms with Crippen molar-refractivity contribution in [3.05, 3.63) is 64.5 Å². The average Bonchev–Trinajstić information content (AvgIpc) is 3.01. The van der Waals surface area contributed by atoms with Crippen LogP contribution in [0.4, 0.5) is 0 Å². The summed E-state index contributed by atoms with van der Waals surface area (Å²) in [7, 11) is 1.98. The van der Waals surface area contributed by atoms with E-state index < -0.39 is 0 Å². The molecule has 0 radical (unpaired) electrons.